The molecule has 0 fully saturated rings. The van der Waals surface area contributed by atoms with Gasteiger partial charge in [0.1, 0.15) is 5.56 Å². The van der Waals surface area contributed by atoms with E-state index in [1.807, 2.05) is 0 Å². The first-order chi connectivity index (χ1) is 11.9. The van der Waals surface area contributed by atoms with Gasteiger partial charge in [-0.15, -0.1) is 0 Å². The molecule has 0 aromatic carbocycles. The fraction of sp³-hybridized carbons (Fsp3) is 0.400. The Bertz CT molecular complexity index is 903. The van der Waals surface area contributed by atoms with Gasteiger partial charge >= 0.3 is 6.18 Å². The molecular weight excluding hydrogens is 375 g/mol. The van der Waals surface area contributed by atoms with Crippen LogP contribution in [-0.2, 0) is 16.0 Å². The van der Waals surface area contributed by atoms with E-state index < -0.39 is 33.2 Å². The van der Waals surface area contributed by atoms with Gasteiger partial charge in [-0.1, -0.05) is 13.8 Å². The van der Waals surface area contributed by atoms with Gasteiger partial charge in [-0.25, -0.2) is 13.4 Å². The molecule has 0 amide bonds. The topological polar surface area (TPSA) is 91.1 Å². The number of hydrogen-bond donors (Lipinski definition) is 0. The molecule has 142 valence electrons. The van der Waals surface area contributed by atoms with Crippen molar-refractivity contribution in [1.82, 2.24) is 14.8 Å². The molecule has 0 spiro atoms. The number of pyridine rings is 1. The summed E-state index contributed by atoms with van der Waals surface area (Å²) in [5.41, 5.74) is -2.15. The quantitative estimate of drug-likeness (QED) is 0.703. The van der Waals surface area contributed by atoms with Crippen molar-refractivity contribution in [1.29, 1.82) is 0 Å². The lowest BCUT2D eigenvalue weighted by Crippen LogP contribution is -2.10. The van der Waals surface area contributed by atoms with Gasteiger partial charge in [-0.2, -0.15) is 23.0 Å². The van der Waals surface area contributed by atoms with Gasteiger partial charge in [0.25, 0.3) is 0 Å². The van der Waals surface area contributed by atoms with Gasteiger partial charge in [0.05, 0.1) is 11.5 Å². The number of carbonyl (C=O) groups is 1. The Morgan fingerprint density at radius 2 is 1.96 bits per heavy atom. The second-order valence-corrected chi connectivity index (χ2v) is 7.94. The summed E-state index contributed by atoms with van der Waals surface area (Å²) in [5, 5.41) is 3.42. The molecular formula is C15H16F3N3O4S. The zero-order valence-corrected chi connectivity index (χ0v) is 14.9. The summed E-state index contributed by atoms with van der Waals surface area (Å²) < 4.78 is 68.6. The van der Waals surface area contributed by atoms with Crippen LogP contribution >= 0.6 is 0 Å². The number of alkyl halides is 3. The van der Waals surface area contributed by atoms with Crippen molar-refractivity contribution in [3.63, 3.8) is 0 Å². The predicted molar refractivity (Wildman–Crippen MR) is 85.2 cm³/mol. The molecule has 0 bridgehead atoms. The minimum Gasteiger partial charge on any atom is -0.477 e. The third-order valence-electron chi connectivity index (χ3n) is 3.18. The van der Waals surface area contributed by atoms with Crippen LogP contribution in [0.5, 0.6) is 5.88 Å². The maximum atomic E-state index is 13.2. The molecule has 0 N–H and O–H groups in total. The van der Waals surface area contributed by atoms with E-state index in [2.05, 4.69) is 10.1 Å². The highest BCUT2D eigenvalue weighted by Crippen LogP contribution is 2.36. The first-order valence-corrected chi connectivity index (χ1v) is 9.29. The highest BCUT2D eigenvalue weighted by atomic mass is 32.2. The molecule has 7 nitrogen and oxygen atoms in total. The predicted octanol–water partition coefficient (Wildman–Crippen LogP) is 2.54. The Morgan fingerprint density at radius 3 is 2.38 bits per heavy atom. The van der Waals surface area contributed by atoms with Crippen LogP contribution in [0, 0.1) is 5.92 Å². The first kappa shape index (κ1) is 19.9. The van der Waals surface area contributed by atoms with Crippen molar-refractivity contribution < 1.29 is 31.1 Å². The number of halogens is 3. The van der Waals surface area contributed by atoms with Crippen LogP contribution in [0.25, 0.3) is 5.82 Å². The normalized spacial score (nSPS) is 12.4. The fourth-order valence-corrected chi connectivity index (χ4v) is 2.55. The van der Waals surface area contributed by atoms with Gasteiger partial charge in [-0.3, -0.25) is 4.79 Å². The van der Waals surface area contributed by atoms with Crippen LogP contribution in [0.2, 0.25) is 0 Å². The van der Waals surface area contributed by atoms with Gasteiger partial charge < -0.3 is 4.74 Å². The monoisotopic (exact) mass is 391 g/mol. The van der Waals surface area contributed by atoms with E-state index >= 15 is 0 Å². The van der Waals surface area contributed by atoms with E-state index in [4.69, 9.17) is 4.74 Å². The lowest BCUT2D eigenvalue weighted by atomic mass is 10.2. The number of carbonyl (C=O) groups excluding carboxylic acids is 1. The SMILES string of the molecule is CC(C)COc1c(C=O)c(C(F)(F)F)nn1-c1ccc(S(C)(=O)=O)cn1. The van der Waals surface area contributed by atoms with E-state index in [9.17, 15) is 26.4 Å². The number of aldehydes is 1. The van der Waals surface area contributed by atoms with Crippen LogP contribution in [0.3, 0.4) is 0 Å². The number of nitrogens with zero attached hydrogens (tertiary/aromatic N) is 3. The van der Waals surface area contributed by atoms with Gasteiger partial charge in [0.15, 0.2) is 27.6 Å². The summed E-state index contributed by atoms with van der Waals surface area (Å²) in [6.45, 7) is 3.61. The summed E-state index contributed by atoms with van der Waals surface area (Å²) in [4.78, 5) is 15.0. The van der Waals surface area contributed by atoms with Gasteiger partial charge in [-0.05, 0) is 18.1 Å². The molecule has 0 aliphatic heterocycles. The minimum absolute atomic E-state index is 0.0206. The highest BCUT2D eigenvalue weighted by molar-refractivity contribution is 7.90. The summed E-state index contributed by atoms with van der Waals surface area (Å²) in [7, 11) is -3.52. The summed E-state index contributed by atoms with van der Waals surface area (Å²) in [5.74, 6) is -0.539. The van der Waals surface area contributed by atoms with Crippen LogP contribution < -0.4 is 4.74 Å². The van der Waals surface area contributed by atoms with E-state index in [0.29, 0.717) is 0 Å². The van der Waals surface area contributed by atoms with E-state index in [0.717, 1.165) is 17.1 Å². The summed E-state index contributed by atoms with van der Waals surface area (Å²) in [6, 6.07) is 2.36. The van der Waals surface area contributed by atoms with Gasteiger partial charge in [0, 0.05) is 12.5 Å². The molecule has 0 aliphatic rings. The molecule has 2 rings (SSSR count). The Hall–Kier alpha value is -2.43. The fourth-order valence-electron chi connectivity index (χ4n) is 1.99. The average Bonchev–Trinajstić information content (AvgIpc) is 2.90. The molecule has 0 saturated carbocycles. The first-order valence-electron chi connectivity index (χ1n) is 7.39. The van der Waals surface area contributed by atoms with E-state index in [1.165, 1.54) is 12.1 Å². The number of rotatable bonds is 6. The molecule has 26 heavy (non-hydrogen) atoms. The smallest absolute Gasteiger partial charge is 0.436 e. The Morgan fingerprint density at radius 1 is 1.31 bits per heavy atom. The van der Waals surface area contributed by atoms with Crippen LogP contribution in [0.4, 0.5) is 13.2 Å². The maximum Gasteiger partial charge on any atom is 0.436 e. The lowest BCUT2D eigenvalue weighted by molar-refractivity contribution is -0.141. The van der Waals surface area contributed by atoms with Crippen molar-refractivity contribution in [2.24, 2.45) is 5.92 Å². The third kappa shape index (κ3) is 4.21. The second kappa shape index (κ2) is 7.06. The van der Waals surface area contributed by atoms with Crippen molar-refractivity contribution in [3.8, 4) is 11.7 Å². The second-order valence-electron chi connectivity index (χ2n) is 5.92. The molecule has 0 radical (unpaired) electrons. The highest BCUT2D eigenvalue weighted by Gasteiger charge is 2.40. The van der Waals surface area contributed by atoms with Crippen LogP contribution in [0.15, 0.2) is 23.2 Å². The van der Waals surface area contributed by atoms with Crippen LogP contribution in [-0.4, -0.2) is 42.3 Å². The summed E-state index contributed by atoms with van der Waals surface area (Å²) in [6.07, 6.45) is -2.88. The number of ether oxygens (including phenoxy) is 1. The molecule has 0 atom stereocenters. The largest absolute Gasteiger partial charge is 0.477 e. The van der Waals surface area contributed by atoms with Crippen molar-refractivity contribution in [2.45, 2.75) is 24.9 Å². The van der Waals surface area contributed by atoms with Crippen LogP contribution in [0.1, 0.15) is 29.9 Å². The zero-order chi connectivity index (χ0) is 19.7. The van der Waals surface area contributed by atoms with Crippen molar-refractivity contribution in [3.05, 3.63) is 29.6 Å². The van der Waals surface area contributed by atoms with E-state index in [1.54, 1.807) is 13.8 Å². The average molecular weight is 391 g/mol. The number of sulfone groups is 1. The molecule has 2 aromatic rings. The Labute approximate surface area is 147 Å². The molecule has 11 heteroatoms. The summed E-state index contributed by atoms with van der Waals surface area (Å²) >= 11 is 0. The lowest BCUT2D eigenvalue weighted by Gasteiger charge is -2.11. The molecule has 0 aliphatic carbocycles. The standard InChI is InChI=1S/C15H16F3N3O4S/c1-9(2)8-25-14-11(7-22)13(15(16,17)18)20-21(14)12-5-4-10(6-19-12)26(3,23)24/h4-7,9H,8H2,1-3H3. The molecule has 0 saturated heterocycles. The molecule has 0 unspecified atom stereocenters. The van der Waals surface area contributed by atoms with Crippen molar-refractivity contribution >= 4 is 16.1 Å². The molecule has 2 aromatic heterocycles. The Balaban J connectivity index is 2.62. The third-order valence-corrected chi connectivity index (χ3v) is 4.28. The van der Waals surface area contributed by atoms with E-state index in [-0.39, 0.29) is 29.5 Å². The van der Waals surface area contributed by atoms with Gasteiger partial charge in [0.2, 0.25) is 5.88 Å². The minimum atomic E-state index is -4.87. The number of hydrogen-bond acceptors (Lipinski definition) is 6. The maximum absolute atomic E-state index is 13.2. The number of aromatic nitrogens is 3. The zero-order valence-electron chi connectivity index (χ0n) is 14.1. The molecule has 2 heterocycles. The van der Waals surface area contributed by atoms with Crippen molar-refractivity contribution in [2.75, 3.05) is 12.9 Å². The Kier molecular flexibility index (Phi) is 5.40.